The van der Waals surface area contributed by atoms with Crippen molar-refractivity contribution >= 4 is 15.9 Å². The summed E-state index contributed by atoms with van der Waals surface area (Å²) in [5, 5.41) is 0. The molecule has 3 rings (SSSR count). The molecule has 0 atom stereocenters. The summed E-state index contributed by atoms with van der Waals surface area (Å²) >= 11 is 3.47. The average Bonchev–Trinajstić information content (AvgIpc) is 2.94. The van der Waals surface area contributed by atoms with E-state index >= 15 is 0 Å². The fourth-order valence-electron chi connectivity index (χ4n) is 1.97. The molecule has 0 bridgehead atoms. The van der Waals surface area contributed by atoms with Gasteiger partial charge in [-0.05, 0) is 39.2 Å². The first-order valence-electron chi connectivity index (χ1n) is 6.29. The zero-order chi connectivity index (χ0) is 13.8. The van der Waals surface area contributed by atoms with Crippen molar-refractivity contribution in [3.8, 4) is 11.5 Å². The molecule has 0 aliphatic carbocycles. The lowest BCUT2D eigenvalue weighted by Gasteiger charge is -2.08. The van der Waals surface area contributed by atoms with Crippen molar-refractivity contribution < 1.29 is 14.3 Å². The number of hydrogen-bond donors (Lipinski definition) is 1. The number of ether oxygens (including phenoxy) is 2. The van der Waals surface area contributed by atoms with Crippen LogP contribution in [0.1, 0.15) is 11.1 Å². The van der Waals surface area contributed by atoms with E-state index in [2.05, 4.69) is 21.4 Å². The molecule has 1 N–H and O–H groups in total. The van der Waals surface area contributed by atoms with E-state index in [-0.39, 0.29) is 6.79 Å². The van der Waals surface area contributed by atoms with Gasteiger partial charge in [-0.15, -0.1) is 0 Å². The van der Waals surface area contributed by atoms with Crippen LogP contribution >= 0.6 is 15.9 Å². The lowest BCUT2D eigenvalue weighted by molar-refractivity contribution is 0.0235. The van der Waals surface area contributed by atoms with E-state index in [0.29, 0.717) is 13.2 Å². The molecule has 0 unspecified atom stereocenters. The summed E-state index contributed by atoms with van der Waals surface area (Å²) < 4.78 is 11.6. The molecule has 0 saturated heterocycles. The molecule has 5 heteroatoms. The molecule has 4 nitrogen and oxygen atoms in total. The number of nitrogens with one attached hydrogen (secondary N) is 1. The van der Waals surface area contributed by atoms with E-state index < -0.39 is 0 Å². The number of hydroxylamine groups is 1. The zero-order valence-corrected chi connectivity index (χ0v) is 12.4. The van der Waals surface area contributed by atoms with Crippen molar-refractivity contribution in [2.24, 2.45) is 0 Å². The first-order valence-corrected chi connectivity index (χ1v) is 7.09. The van der Waals surface area contributed by atoms with Gasteiger partial charge in [0.15, 0.2) is 11.5 Å². The molecule has 0 radical (unpaired) electrons. The highest BCUT2D eigenvalue weighted by atomic mass is 79.9. The third kappa shape index (κ3) is 3.12. The maximum Gasteiger partial charge on any atom is 0.231 e. The molecule has 0 amide bonds. The molecule has 2 aromatic rings. The maximum absolute atomic E-state index is 5.45. The van der Waals surface area contributed by atoms with Crippen LogP contribution < -0.4 is 15.0 Å². The van der Waals surface area contributed by atoms with Crippen LogP contribution in [-0.2, 0) is 18.0 Å². The van der Waals surface area contributed by atoms with E-state index in [1.165, 1.54) is 0 Å². The molecule has 0 spiro atoms. The van der Waals surface area contributed by atoms with E-state index in [0.717, 1.165) is 27.1 Å². The number of rotatable bonds is 5. The lowest BCUT2D eigenvalue weighted by Crippen LogP contribution is -2.13. The number of fused-ring (bicyclic) bond motifs is 1. The highest BCUT2D eigenvalue weighted by Crippen LogP contribution is 2.39. The third-order valence-electron chi connectivity index (χ3n) is 2.95. The van der Waals surface area contributed by atoms with Gasteiger partial charge >= 0.3 is 0 Å². The standard InChI is InChI=1S/C15H14BrNO3/c16-13-6-12(7-14-15(13)19-10-18-14)8-17-20-9-11-4-2-1-3-5-11/h1-7,17H,8-10H2. The van der Waals surface area contributed by atoms with E-state index in [4.69, 9.17) is 14.3 Å². The van der Waals surface area contributed by atoms with Crippen LogP contribution in [0.15, 0.2) is 46.9 Å². The second kappa shape index (κ2) is 6.26. The molecule has 0 saturated carbocycles. The van der Waals surface area contributed by atoms with Crippen molar-refractivity contribution in [3.63, 3.8) is 0 Å². The van der Waals surface area contributed by atoms with Crippen molar-refractivity contribution in [2.75, 3.05) is 6.79 Å². The lowest BCUT2D eigenvalue weighted by atomic mass is 10.2. The second-order valence-electron chi connectivity index (χ2n) is 4.41. The quantitative estimate of drug-likeness (QED) is 0.671. The summed E-state index contributed by atoms with van der Waals surface area (Å²) in [6.45, 7) is 1.41. The summed E-state index contributed by atoms with van der Waals surface area (Å²) in [7, 11) is 0. The van der Waals surface area contributed by atoms with Crippen LogP contribution in [0.2, 0.25) is 0 Å². The van der Waals surface area contributed by atoms with Gasteiger partial charge in [0.25, 0.3) is 0 Å². The van der Waals surface area contributed by atoms with Gasteiger partial charge in [0.2, 0.25) is 6.79 Å². The van der Waals surface area contributed by atoms with Crippen LogP contribution in [0.4, 0.5) is 0 Å². The van der Waals surface area contributed by atoms with Crippen LogP contribution in [-0.4, -0.2) is 6.79 Å². The highest BCUT2D eigenvalue weighted by molar-refractivity contribution is 9.10. The fraction of sp³-hybridized carbons (Fsp3) is 0.200. The summed E-state index contributed by atoms with van der Waals surface area (Å²) in [6.07, 6.45) is 0. The minimum Gasteiger partial charge on any atom is -0.454 e. The van der Waals surface area contributed by atoms with E-state index in [1.807, 2.05) is 42.5 Å². The molecule has 1 aliphatic heterocycles. The van der Waals surface area contributed by atoms with Crippen LogP contribution in [0.5, 0.6) is 11.5 Å². The van der Waals surface area contributed by atoms with Crippen LogP contribution in [0.25, 0.3) is 0 Å². The van der Waals surface area contributed by atoms with Crippen LogP contribution in [0.3, 0.4) is 0 Å². The van der Waals surface area contributed by atoms with E-state index in [9.17, 15) is 0 Å². The Labute approximate surface area is 125 Å². The molecule has 1 heterocycles. The first-order chi connectivity index (χ1) is 9.83. The molecule has 0 fully saturated rings. The van der Waals surface area contributed by atoms with Crippen molar-refractivity contribution in [3.05, 3.63) is 58.1 Å². The topological polar surface area (TPSA) is 39.7 Å². The van der Waals surface area contributed by atoms with Gasteiger partial charge < -0.3 is 9.47 Å². The Balaban J connectivity index is 1.53. The average molecular weight is 336 g/mol. The van der Waals surface area contributed by atoms with Gasteiger partial charge in [-0.3, -0.25) is 4.84 Å². The van der Waals surface area contributed by atoms with Gasteiger partial charge in [0.1, 0.15) is 0 Å². The molecule has 20 heavy (non-hydrogen) atoms. The first kappa shape index (κ1) is 13.4. The molecule has 104 valence electrons. The van der Waals surface area contributed by atoms with Crippen molar-refractivity contribution in [2.45, 2.75) is 13.2 Å². The minimum atomic E-state index is 0.273. The van der Waals surface area contributed by atoms with Crippen molar-refractivity contribution in [1.82, 2.24) is 5.48 Å². The molecule has 1 aliphatic rings. The largest absolute Gasteiger partial charge is 0.454 e. The smallest absolute Gasteiger partial charge is 0.231 e. The highest BCUT2D eigenvalue weighted by Gasteiger charge is 2.17. The summed E-state index contributed by atoms with van der Waals surface area (Å²) in [6, 6.07) is 14.0. The van der Waals surface area contributed by atoms with Gasteiger partial charge in [-0.25, -0.2) is 0 Å². The zero-order valence-electron chi connectivity index (χ0n) is 10.8. The molecular weight excluding hydrogens is 322 g/mol. The summed E-state index contributed by atoms with van der Waals surface area (Å²) in [5.41, 5.74) is 5.15. The predicted molar refractivity (Wildman–Crippen MR) is 78.3 cm³/mol. The number of hydrogen-bond acceptors (Lipinski definition) is 4. The van der Waals surface area contributed by atoms with Gasteiger partial charge in [-0.1, -0.05) is 30.3 Å². The Morgan fingerprint density at radius 1 is 1.10 bits per heavy atom. The second-order valence-corrected chi connectivity index (χ2v) is 5.26. The van der Waals surface area contributed by atoms with Crippen molar-refractivity contribution in [1.29, 1.82) is 0 Å². The fourth-order valence-corrected chi connectivity index (χ4v) is 2.57. The van der Waals surface area contributed by atoms with E-state index in [1.54, 1.807) is 0 Å². The Bertz CT molecular complexity index is 589. The summed E-state index contributed by atoms with van der Waals surface area (Å²) in [5.74, 6) is 1.53. The monoisotopic (exact) mass is 335 g/mol. The Morgan fingerprint density at radius 2 is 1.95 bits per heavy atom. The third-order valence-corrected chi connectivity index (χ3v) is 3.54. The predicted octanol–water partition coefficient (Wildman–Crippen LogP) is 3.40. The maximum atomic E-state index is 5.45. The van der Waals surface area contributed by atoms with Gasteiger partial charge in [-0.2, -0.15) is 5.48 Å². The number of halogens is 1. The Hall–Kier alpha value is -1.56. The Morgan fingerprint density at radius 3 is 2.80 bits per heavy atom. The minimum absolute atomic E-state index is 0.273. The Kier molecular flexibility index (Phi) is 4.20. The normalized spacial score (nSPS) is 12.7. The summed E-state index contributed by atoms with van der Waals surface area (Å²) in [4.78, 5) is 5.45. The van der Waals surface area contributed by atoms with Gasteiger partial charge in [0.05, 0.1) is 11.1 Å². The SMILES string of the molecule is Brc1cc(CNOCc2ccccc2)cc2c1OCO2. The molecule has 0 aromatic heterocycles. The molecular formula is C15H14BrNO3. The molecule has 2 aromatic carbocycles. The van der Waals surface area contributed by atoms with Crippen LogP contribution in [0, 0.1) is 0 Å². The number of benzene rings is 2. The van der Waals surface area contributed by atoms with Gasteiger partial charge in [0, 0.05) is 6.54 Å².